The van der Waals surface area contributed by atoms with Crippen LogP contribution in [0.25, 0.3) is 0 Å². The van der Waals surface area contributed by atoms with Gasteiger partial charge in [-0.25, -0.2) is 0 Å². The van der Waals surface area contributed by atoms with Crippen molar-refractivity contribution in [3.63, 3.8) is 0 Å². The van der Waals surface area contributed by atoms with E-state index < -0.39 is 5.41 Å². The summed E-state index contributed by atoms with van der Waals surface area (Å²) in [7, 11) is 0. The second kappa shape index (κ2) is 5.75. The number of rotatable bonds is 2. The number of hydrogen-bond donors (Lipinski definition) is 2. The van der Waals surface area contributed by atoms with Crippen molar-refractivity contribution in [2.75, 3.05) is 32.9 Å². The molecule has 1 unspecified atom stereocenters. The molecule has 2 aliphatic rings. The van der Waals surface area contributed by atoms with Crippen LogP contribution in [-0.2, 0) is 14.3 Å². The summed E-state index contributed by atoms with van der Waals surface area (Å²) in [5.41, 5.74) is 4.86. The molecule has 0 spiro atoms. The molecule has 0 saturated carbocycles. The zero-order valence-corrected chi connectivity index (χ0v) is 11.2. The Hall–Kier alpha value is -1.34. The fourth-order valence-electron chi connectivity index (χ4n) is 2.70. The molecule has 2 heterocycles. The monoisotopic (exact) mass is 271 g/mol. The van der Waals surface area contributed by atoms with Gasteiger partial charge in [0.25, 0.3) is 0 Å². The molecular weight excluding hydrogens is 250 g/mol. The number of amides is 1. The van der Waals surface area contributed by atoms with Crippen LogP contribution in [0.15, 0.2) is 5.16 Å². The van der Waals surface area contributed by atoms with E-state index in [2.05, 4.69) is 5.16 Å². The Morgan fingerprint density at radius 1 is 1.42 bits per heavy atom. The van der Waals surface area contributed by atoms with Crippen LogP contribution in [0.5, 0.6) is 0 Å². The first kappa shape index (κ1) is 14.1. The lowest BCUT2D eigenvalue weighted by Gasteiger charge is -2.41. The normalized spacial score (nSPS) is 28.2. The Bertz CT molecular complexity index is 366. The van der Waals surface area contributed by atoms with E-state index in [1.165, 1.54) is 0 Å². The summed E-state index contributed by atoms with van der Waals surface area (Å²) in [5.74, 6) is -0.0961. The lowest BCUT2D eigenvalue weighted by atomic mass is 9.77. The van der Waals surface area contributed by atoms with Crippen molar-refractivity contribution in [3.8, 4) is 0 Å². The minimum Gasteiger partial charge on any atom is -0.409 e. The number of oxime groups is 1. The molecule has 108 valence electrons. The predicted molar refractivity (Wildman–Crippen MR) is 67.9 cm³/mol. The number of ether oxygens (including phenoxy) is 2. The van der Waals surface area contributed by atoms with Gasteiger partial charge in [-0.3, -0.25) is 4.79 Å². The van der Waals surface area contributed by atoms with Gasteiger partial charge < -0.3 is 25.3 Å². The number of carbonyl (C=O) groups excluding carboxylic acids is 1. The maximum Gasteiger partial charge on any atom is 0.236 e. The highest BCUT2D eigenvalue weighted by Crippen LogP contribution is 2.33. The quantitative estimate of drug-likeness (QED) is 0.313. The van der Waals surface area contributed by atoms with Crippen molar-refractivity contribution in [2.45, 2.75) is 25.9 Å². The lowest BCUT2D eigenvalue weighted by Crippen LogP contribution is -2.57. The second-order valence-corrected chi connectivity index (χ2v) is 5.11. The third-order valence-electron chi connectivity index (χ3n) is 3.88. The molecule has 0 aromatic carbocycles. The van der Waals surface area contributed by atoms with Crippen LogP contribution in [0.1, 0.15) is 19.8 Å². The maximum atomic E-state index is 12.8. The van der Waals surface area contributed by atoms with Crippen LogP contribution in [0.3, 0.4) is 0 Å². The predicted octanol–water partition coefficient (Wildman–Crippen LogP) is -0.223. The molecule has 1 atom stereocenters. The molecular formula is C12H21N3O4. The fourth-order valence-corrected chi connectivity index (χ4v) is 2.70. The molecule has 2 rings (SSSR count). The SMILES string of the molecule is CC1CN(C(=O)C2(C(N)=NO)CCOCC2)CCO1. The fraction of sp³-hybridized carbons (Fsp3) is 0.833. The lowest BCUT2D eigenvalue weighted by molar-refractivity contribution is -0.149. The van der Waals surface area contributed by atoms with Crippen molar-refractivity contribution in [2.24, 2.45) is 16.3 Å². The molecule has 19 heavy (non-hydrogen) atoms. The topological polar surface area (TPSA) is 97.4 Å². The van der Waals surface area contributed by atoms with E-state index in [9.17, 15) is 4.79 Å². The highest BCUT2D eigenvalue weighted by molar-refractivity contribution is 6.06. The molecule has 7 nitrogen and oxygen atoms in total. The van der Waals surface area contributed by atoms with Gasteiger partial charge >= 0.3 is 0 Å². The first-order valence-corrected chi connectivity index (χ1v) is 6.57. The number of carbonyl (C=O) groups is 1. The summed E-state index contributed by atoms with van der Waals surface area (Å²) in [5, 5.41) is 12.1. The van der Waals surface area contributed by atoms with E-state index in [0.717, 1.165) is 0 Å². The van der Waals surface area contributed by atoms with Gasteiger partial charge in [0.15, 0.2) is 5.84 Å². The third-order valence-corrected chi connectivity index (χ3v) is 3.88. The highest BCUT2D eigenvalue weighted by atomic mass is 16.5. The maximum absolute atomic E-state index is 12.8. The van der Waals surface area contributed by atoms with Crippen LogP contribution >= 0.6 is 0 Å². The summed E-state index contributed by atoms with van der Waals surface area (Å²) < 4.78 is 10.7. The summed E-state index contributed by atoms with van der Waals surface area (Å²) in [4.78, 5) is 14.5. The van der Waals surface area contributed by atoms with Gasteiger partial charge in [0.1, 0.15) is 5.41 Å². The van der Waals surface area contributed by atoms with E-state index in [4.69, 9.17) is 20.4 Å². The van der Waals surface area contributed by atoms with E-state index in [0.29, 0.717) is 45.8 Å². The van der Waals surface area contributed by atoms with Crippen LogP contribution in [-0.4, -0.2) is 60.9 Å². The largest absolute Gasteiger partial charge is 0.409 e. The number of hydrogen-bond acceptors (Lipinski definition) is 5. The van der Waals surface area contributed by atoms with Crippen LogP contribution in [0, 0.1) is 5.41 Å². The molecule has 3 N–H and O–H groups in total. The zero-order valence-electron chi connectivity index (χ0n) is 11.2. The zero-order chi connectivity index (χ0) is 13.9. The summed E-state index contributed by atoms with van der Waals surface area (Å²) >= 11 is 0. The van der Waals surface area contributed by atoms with E-state index >= 15 is 0 Å². The van der Waals surface area contributed by atoms with Gasteiger partial charge in [0, 0.05) is 26.3 Å². The molecule has 7 heteroatoms. The van der Waals surface area contributed by atoms with Crippen molar-refractivity contribution >= 4 is 11.7 Å². The van der Waals surface area contributed by atoms with Crippen LogP contribution in [0.2, 0.25) is 0 Å². The van der Waals surface area contributed by atoms with Gasteiger partial charge in [-0.05, 0) is 19.8 Å². The Labute approximate surface area is 112 Å². The molecule has 2 aliphatic heterocycles. The van der Waals surface area contributed by atoms with E-state index in [1.807, 2.05) is 6.92 Å². The standard InChI is InChI=1S/C12H21N3O4/c1-9-8-15(4-7-19-9)11(16)12(10(13)14-17)2-5-18-6-3-12/h9,17H,2-8H2,1H3,(H2,13,14). The summed E-state index contributed by atoms with van der Waals surface area (Å²) in [6, 6.07) is 0. The average Bonchev–Trinajstić information content (AvgIpc) is 2.46. The number of amidine groups is 1. The third kappa shape index (κ3) is 2.66. The van der Waals surface area contributed by atoms with Crippen LogP contribution in [0.4, 0.5) is 0 Å². The molecule has 1 amide bonds. The Kier molecular flexibility index (Phi) is 4.26. The minimum absolute atomic E-state index is 0.0139. The Balaban J connectivity index is 2.20. The molecule has 0 aromatic rings. The van der Waals surface area contributed by atoms with E-state index in [-0.39, 0.29) is 17.8 Å². The number of nitrogens with zero attached hydrogens (tertiary/aromatic N) is 2. The first-order valence-electron chi connectivity index (χ1n) is 6.57. The van der Waals surface area contributed by atoms with Gasteiger partial charge in [-0.2, -0.15) is 0 Å². The van der Waals surface area contributed by atoms with Crippen LogP contribution < -0.4 is 5.73 Å². The second-order valence-electron chi connectivity index (χ2n) is 5.11. The van der Waals surface area contributed by atoms with Crippen molar-refractivity contribution in [1.82, 2.24) is 4.90 Å². The van der Waals surface area contributed by atoms with Gasteiger partial charge in [0.2, 0.25) is 5.91 Å². The number of nitrogens with two attached hydrogens (primary N) is 1. The minimum atomic E-state index is -0.927. The van der Waals surface area contributed by atoms with Crippen molar-refractivity contribution < 1.29 is 19.5 Å². The van der Waals surface area contributed by atoms with Gasteiger partial charge in [0.05, 0.1) is 12.7 Å². The molecule has 0 aromatic heterocycles. The van der Waals surface area contributed by atoms with Crippen molar-refractivity contribution in [1.29, 1.82) is 0 Å². The summed E-state index contributed by atoms with van der Waals surface area (Å²) in [6.45, 7) is 4.43. The Morgan fingerprint density at radius 2 is 2.11 bits per heavy atom. The molecule has 2 saturated heterocycles. The molecule has 0 bridgehead atoms. The highest BCUT2D eigenvalue weighted by Gasteiger charge is 2.47. The Morgan fingerprint density at radius 3 is 2.68 bits per heavy atom. The van der Waals surface area contributed by atoms with Gasteiger partial charge in [-0.15, -0.1) is 0 Å². The molecule has 2 fully saturated rings. The molecule has 0 radical (unpaired) electrons. The van der Waals surface area contributed by atoms with E-state index in [1.54, 1.807) is 4.90 Å². The molecule has 0 aliphatic carbocycles. The van der Waals surface area contributed by atoms with Gasteiger partial charge in [-0.1, -0.05) is 5.16 Å². The van der Waals surface area contributed by atoms with Crippen molar-refractivity contribution in [3.05, 3.63) is 0 Å². The average molecular weight is 271 g/mol. The first-order chi connectivity index (χ1) is 9.10. The smallest absolute Gasteiger partial charge is 0.236 e. The summed E-state index contributed by atoms with van der Waals surface area (Å²) in [6.07, 6.45) is 0.919. The number of morpholine rings is 1.